The van der Waals surface area contributed by atoms with E-state index in [9.17, 15) is 4.79 Å². The number of carbonyl (C=O) groups excluding carboxylic acids is 1. The smallest absolute Gasteiger partial charge is 0.271 e. The van der Waals surface area contributed by atoms with Gasteiger partial charge in [-0.15, -0.1) is 0 Å². The van der Waals surface area contributed by atoms with Crippen molar-refractivity contribution in [2.75, 3.05) is 17.7 Å². The van der Waals surface area contributed by atoms with Crippen LogP contribution in [0.15, 0.2) is 0 Å². The van der Waals surface area contributed by atoms with Crippen molar-refractivity contribution in [2.45, 2.75) is 19.9 Å². The monoisotopic (exact) mass is 242 g/mol. The highest BCUT2D eigenvalue weighted by Crippen LogP contribution is 2.15. The summed E-state index contributed by atoms with van der Waals surface area (Å²) in [4.78, 5) is 11.9. The predicted octanol–water partition coefficient (Wildman–Crippen LogP) is 0.792. The minimum Gasteiger partial charge on any atom is -0.395 e. The summed E-state index contributed by atoms with van der Waals surface area (Å²) in [6.07, 6.45) is 2.01. The Kier molecular flexibility index (Phi) is 4.23. The lowest BCUT2D eigenvalue weighted by Gasteiger charge is -2.12. The third kappa shape index (κ3) is 2.69. The number of hydrogen-bond acceptors (Lipinski definition) is 4. The summed E-state index contributed by atoms with van der Waals surface area (Å²) in [7, 11) is 1.72. The minimum absolute atomic E-state index is 0.122. The molecule has 0 spiro atoms. The molecule has 0 fully saturated rings. The van der Waals surface area contributed by atoms with Crippen LogP contribution in [0, 0.1) is 6.92 Å². The Morgan fingerprint density at radius 2 is 2.31 bits per heavy atom. The number of carbonyl (C=O) groups is 1. The van der Waals surface area contributed by atoms with E-state index in [4.69, 9.17) is 5.73 Å². The van der Waals surface area contributed by atoms with E-state index in [0.29, 0.717) is 17.1 Å². The minimum atomic E-state index is -0.165. The number of nitrogens with two attached hydrogens (primary N) is 1. The van der Waals surface area contributed by atoms with E-state index in [0.717, 1.165) is 5.75 Å². The molecule has 5 nitrogen and oxygen atoms in total. The van der Waals surface area contributed by atoms with E-state index in [-0.39, 0.29) is 11.9 Å². The van der Waals surface area contributed by atoms with Crippen LogP contribution >= 0.6 is 11.8 Å². The van der Waals surface area contributed by atoms with Gasteiger partial charge in [0.15, 0.2) is 0 Å². The van der Waals surface area contributed by atoms with Gasteiger partial charge in [-0.3, -0.25) is 9.48 Å². The molecule has 1 aromatic rings. The molecule has 1 atom stereocenters. The number of thioether (sulfide) groups is 1. The Morgan fingerprint density at radius 1 is 1.69 bits per heavy atom. The Labute approximate surface area is 99.8 Å². The van der Waals surface area contributed by atoms with Crippen LogP contribution in [0.2, 0.25) is 0 Å². The maximum atomic E-state index is 11.9. The molecule has 1 heterocycles. The maximum Gasteiger partial charge on any atom is 0.271 e. The summed E-state index contributed by atoms with van der Waals surface area (Å²) in [5.41, 5.74) is 7.38. The number of anilines is 1. The van der Waals surface area contributed by atoms with E-state index in [1.54, 1.807) is 25.7 Å². The van der Waals surface area contributed by atoms with Crippen molar-refractivity contribution in [1.82, 2.24) is 15.1 Å². The molecule has 0 aliphatic carbocycles. The number of nitrogens with zero attached hydrogens (tertiary/aromatic N) is 2. The molecule has 0 radical (unpaired) electrons. The zero-order chi connectivity index (χ0) is 12.3. The summed E-state index contributed by atoms with van der Waals surface area (Å²) in [6, 6.07) is 0.122. The average Bonchev–Trinajstić information content (AvgIpc) is 2.41. The zero-order valence-corrected chi connectivity index (χ0v) is 10.9. The number of aryl methyl sites for hydroxylation is 2. The summed E-state index contributed by atoms with van der Waals surface area (Å²) < 4.78 is 1.52. The first-order chi connectivity index (χ1) is 7.47. The first-order valence-electron chi connectivity index (χ1n) is 5.06. The van der Waals surface area contributed by atoms with Crippen molar-refractivity contribution in [3.63, 3.8) is 0 Å². The third-order valence-electron chi connectivity index (χ3n) is 2.28. The lowest BCUT2D eigenvalue weighted by Crippen LogP contribution is -2.35. The molecule has 1 rings (SSSR count). The highest BCUT2D eigenvalue weighted by molar-refractivity contribution is 7.98. The fourth-order valence-corrected chi connectivity index (χ4v) is 2.11. The molecule has 3 N–H and O–H groups in total. The van der Waals surface area contributed by atoms with Gasteiger partial charge in [0, 0.05) is 18.8 Å². The lowest BCUT2D eigenvalue weighted by atomic mass is 10.2. The maximum absolute atomic E-state index is 11.9. The van der Waals surface area contributed by atoms with E-state index in [1.807, 2.05) is 13.2 Å². The molecule has 0 bridgehead atoms. The molecule has 1 unspecified atom stereocenters. The topological polar surface area (TPSA) is 72.9 Å². The molecule has 16 heavy (non-hydrogen) atoms. The van der Waals surface area contributed by atoms with Crippen LogP contribution in [0.5, 0.6) is 0 Å². The van der Waals surface area contributed by atoms with Gasteiger partial charge in [0.2, 0.25) is 0 Å². The van der Waals surface area contributed by atoms with Gasteiger partial charge in [0.05, 0.1) is 11.4 Å². The molecule has 1 aromatic heterocycles. The molecule has 0 aliphatic heterocycles. The van der Waals surface area contributed by atoms with E-state index in [1.165, 1.54) is 4.68 Å². The molecule has 0 aromatic carbocycles. The molecule has 1 amide bonds. The van der Waals surface area contributed by atoms with Gasteiger partial charge < -0.3 is 11.1 Å². The van der Waals surface area contributed by atoms with Crippen molar-refractivity contribution in [2.24, 2.45) is 7.05 Å². The van der Waals surface area contributed by atoms with Crippen molar-refractivity contribution in [3.05, 3.63) is 11.4 Å². The van der Waals surface area contributed by atoms with E-state index in [2.05, 4.69) is 10.4 Å². The van der Waals surface area contributed by atoms with Crippen LogP contribution in [0.25, 0.3) is 0 Å². The number of aromatic nitrogens is 2. The quantitative estimate of drug-likeness (QED) is 0.819. The second-order valence-electron chi connectivity index (χ2n) is 3.80. The number of rotatable bonds is 4. The highest BCUT2D eigenvalue weighted by atomic mass is 32.2. The Hall–Kier alpha value is -1.17. The van der Waals surface area contributed by atoms with Crippen molar-refractivity contribution in [1.29, 1.82) is 0 Å². The molecule has 0 aliphatic rings. The van der Waals surface area contributed by atoms with Crippen molar-refractivity contribution < 1.29 is 4.79 Å². The van der Waals surface area contributed by atoms with Crippen LogP contribution in [-0.4, -0.2) is 33.7 Å². The van der Waals surface area contributed by atoms with Gasteiger partial charge in [-0.1, -0.05) is 0 Å². The summed E-state index contributed by atoms with van der Waals surface area (Å²) in [6.45, 7) is 3.76. The summed E-state index contributed by atoms with van der Waals surface area (Å²) in [5, 5.41) is 7.00. The fraction of sp³-hybridized carbons (Fsp3) is 0.600. The van der Waals surface area contributed by atoms with Crippen LogP contribution < -0.4 is 11.1 Å². The van der Waals surface area contributed by atoms with Gasteiger partial charge in [0.1, 0.15) is 5.69 Å². The van der Waals surface area contributed by atoms with E-state index < -0.39 is 0 Å². The number of nitrogens with one attached hydrogen (secondary N) is 1. The van der Waals surface area contributed by atoms with Gasteiger partial charge in [-0.05, 0) is 20.1 Å². The first-order valence-corrected chi connectivity index (χ1v) is 6.45. The van der Waals surface area contributed by atoms with Crippen LogP contribution in [0.1, 0.15) is 23.1 Å². The highest BCUT2D eigenvalue weighted by Gasteiger charge is 2.18. The molecular weight excluding hydrogens is 224 g/mol. The van der Waals surface area contributed by atoms with Crippen LogP contribution in [-0.2, 0) is 7.05 Å². The summed E-state index contributed by atoms with van der Waals surface area (Å²) >= 11 is 1.69. The lowest BCUT2D eigenvalue weighted by molar-refractivity contribution is 0.0935. The Bertz CT molecular complexity index is 388. The zero-order valence-electron chi connectivity index (χ0n) is 10.1. The number of nitrogen functional groups attached to an aromatic ring is 1. The SMILES string of the molecule is CSCC(C)NC(=O)c1c(N)c(C)nn1C. The van der Waals surface area contributed by atoms with Gasteiger partial charge in [0.25, 0.3) is 5.91 Å². The molecule has 0 saturated heterocycles. The molecule has 0 saturated carbocycles. The predicted molar refractivity (Wildman–Crippen MR) is 67.7 cm³/mol. The Morgan fingerprint density at radius 3 is 2.75 bits per heavy atom. The Balaban J connectivity index is 2.80. The number of amides is 1. The van der Waals surface area contributed by atoms with Crippen molar-refractivity contribution >= 4 is 23.4 Å². The largest absolute Gasteiger partial charge is 0.395 e. The van der Waals surface area contributed by atoms with Gasteiger partial charge in [-0.2, -0.15) is 16.9 Å². The van der Waals surface area contributed by atoms with E-state index >= 15 is 0 Å². The van der Waals surface area contributed by atoms with Gasteiger partial charge >= 0.3 is 0 Å². The van der Waals surface area contributed by atoms with Gasteiger partial charge in [-0.25, -0.2) is 0 Å². The second-order valence-corrected chi connectivity index (χ2v) is 4.71. The van der Waals surface area contributed by atoms with Crippen LogP contribution in [0.3, 0.4) is 0 Å². The number of hydrogen-bond donors (Lipinski definition) is 2. The molecule has 90 valence electrons. The van der Waals surface area contributed by atoms with Crippen LogP contribution in [0.4, 0.5) is 5.69 Å². The summed E-state index contributed by atoms with van der Waals surface area (Å²) in [5.74, 6) is 0.713. The molecular formula is C10H18N4OS. The fourth-order valence-electron chi connectivity index (χ4n) is 1.53. The molecule has 6 heteroatoms. The third-order valence-corrected chi connectivity index (χ3v) is 3.11. The first kappa shape index (κ1) is 12.9. The second kappa shape index (κ2) is 5.25. The van der Waals surface area contributed by atoms with Crippen molar-refractivity contribution in [3.8, 4) is 0 Å². The standard InChI is InChI=1S/C10H18N4OS/c1-6(5-16-4)12-10(15)9-8(11)7(2)13-14(9)3/h6H,5,11H2,1-4H3,(H,12,15). The average molecular weight is 242 g/mol. The normalized spacial score (nSPS) is 12.5.